The molecule has 0 bridgehead atoms. The Morgan fingerprint density at radius 1 is 1.43 bits per heavy atom. The molecule has 2 heterocycles. The van der Waals surface area contributed by atoms with Crippen LogP contribution in [-0.4, -0.2) is 60.7 Å². The van der Waals surface area contributed by atoms with Crippen molar-refractivity contribution in [1.82, 2.24) is 9.80 Å². The number of carbonyl (C=O) groups is 2. The highest BCUT2D eigenvalue weighted by molar-refractivity contribution is 8.00. The van der Waals surface area contributed by atoms with Gasteiger partial charge in [0.15, 0.2) is 0 Å². The fraction of sp³-hybridized carbons (Fsp3) is 0.529. The van der Waals surface area contributed by atoms with Crippen molar-refractivity contribution < 1.29 is 14.3 Å². The van der Waals surface area contributed by atoms with Crippen molar-refractivity contribution in [3.63, 3.8) is 0 Å². The summed E-state index contributed by atoms with van der Waals surface area (Å²) >= 11 is 1.53. The van der Waals surface area contributed by atoms with E-state index >= 15 is 0 Å². The van der Waals surface area contributed by atoms with E-state index in [1.807, 2.05) is 41.1 Å². The lowest BCUT2D eigenvalue weighted by atomic mass is 9.93. The van der Waals surface area contributed by atoms with Gasteiger partial charge in [0.05, 0.1) is 12.9 Å². The molecule has 2 aliphatic heterocycles. The predicted molar refractivity (Wildman–Crippen MR) is 89.6 cm³/mol. The highest BCUT2D eigenvalue weighted by Crippen LogP contribution is 2.31. The molecular formula is C17H22N2O3S. The van der Waals surface area contributed by atoms with Crippen LogP contribution in [0.1, 0.15) is 12.8 Å². The first-order valence-electron chi connectivity index (χ1n) is 7.89. The van der Waals surface area contributed by atoms with Crippen molar-refractivity contribution in [3.8, 4) is 5.75 Å². The molecule has 5 nitrogen and oxygen atoms in total. The highest BCUT2D eigenvalue weighted by Gasteiger charge is 2.41. The lowest BCUT2D eigenvalue weighted by molar-refractivity contribution is -0.130. The molecule has 6 heteroatoms. The molecule has 0 aliphatic carbocycles. The van der Waals surface area contributed by atoms with Crippen LogP contribution < -0.4 is 4.74 Å². The molecule has 0 unspecified atom stereocenters. The predicted octanol–water partition coefficient (Wildman–Crippen LogP) is 1.87. The number of ether oxygens (including phenoxy) is 1. The molecule has 124 valence electrons. The highest BCUT2D eigenvalue weighted by atomic mass is 32.2. The van der Waals surface area contributed by atoms with E-state index in [4.69, 9.17) is 4.74 Å². The third-order valence-corrected chi connectivity index (χ3v) is 5.76. The van der Waals surface area contributed by atoms with Gasteiger partial charge >= 0.3 is 0 Å². The molecule has 2 saturated heterocycles. The lowest BCUT2D eigenvalue weighted by Gasteiger charge is -2.36. The number of methoxy groups -OCH3 is 1. The second-order valence-corrected chi connectivity index (χ2v) is 7.18. The average Bonchev–Trinajstić information content (AvgIpc) is 2.86. The summed E-state index contributed by atoms with van der Waals surface area (Å²) in [4.78, 5) is 29.1. The Kier molecular flexibility index (Phi) is 4.80. The van der Waals surface area contributed by atoms with Crippen LogP contribution in [-0.2, 0) is 9.59 Å². The van der Waals surface area contributed by atoms with E-state index in [1.54, 1.807) is 7.11 Å². The van der Waals surface area contributed by atoms with Gasteiger partial charge in [-0.3, -0.25) is 9.59 Å². The van der Waals surface area contributed by atoms with Crippen molar-refractivity contribution in [1.29, 1.82) is 0 Å². The lowest BCUT2D eigenvalue weighted by Crippen LogP contribution is -2.48. The molecular weight excluding hydrogens is 312 g/mol. The maximum Gasteiger partial charge on any atom is 0.232 e. The van der Waals surface area contributed by atoms with Gasteiger partial charge < -0.3 is 14.5 Å². The summed E-state index contributed by atoms with van der Waals surface area (Å²) in [6.45, 7) is 1.45. The van der Waals surface area contributed by atoms with Gasteiger partial charge in [-0.25, -0.2) is 0 Å². The number of fused-ring (bicyclic) bond motifs is 1. The maximum absolute atomic E-state index is 12.5. The molecule has 0 spiro atoms. The van der Waals surface area contributed by atoms with Crippen LogP contribution in [0.15, 0.2) is 29.2 Å². The largest absolute Gasteiger partial charge is 0.497 e. The van der Waals surface area contributed by atoms with Crippen molar-refractivity contribution in [2.24, 2.45) is 5.92 Å². The molecule has 0 aromatic heterocycles. The van der Waals surface area contributed by atoms with Crippen molar-refractivity contribution in [2.45, 2.75) is 23.8 Å². The van der Waals surface area contributed by atoms with Gasteiger partial charge in [0.2, 0.25) is 11.8 Å². The first kappa shape index (κ1) is 16.2. The van der Waals surface area contributed by atoms with E-state index in [9.17, 15) is 9.59 Å². The monoisotopic (exact) mass is 334 g/mol. The Morgan fingerprint density at radius 3 is 3.04 bits per heavy atom. The van der Waals surface area contributed by atoms with Gasteiger partial charge in [-0.15, -0.1) is 11.8 Å². The second-order valence-electron chi connectivity index (χ2n) is 6.13. The molecule has 0 N–H and O–H groups in total. The van der Waals surface area contributed by atoms with Gasteiger partial charge in [0, 0.05) is 43.4 Å². The van der Waals surface area contributed by atoms with Gasteiger partial charge in [-0.2, -0.15) is 0 Å². The minimum atomic E-state index is 0.151. The van der Waals surface area contributed by atoms with E-state index in [0.717, 1.165) is 23.6 Å². The minimum absolute atomic E-state index is 0.151. The summed E-state index contributed by atoms with van der Waals surface area (Å²) in [6, 6.07) is 8.06. The molecule has 2 amide bonds. The Morgan fingerprint density at radius 2 is 2.26 bits per heavy atom. The molecule has 2 fully saturated rings. The van der Waals surface area contributed by atoms with Crippen LogP contribution in [0.2, 0.25) is 0 Å². The summed E-state index contributed by atoms with van der Waals surface area (Å²) < 4.78 is 5.20. The van der Waals surface area contributed by atoms with Crippen LogP contribution in [0.3, 0.4) is 0 Å². The molecule has 1 aromatic rings. The van der Waals surface area contributed by atoms with E-state index in [-0.39, 0.29) is 11.8 Å². The van der Waals surface area contributed by atoms with E-state index in [1.165, 1.54) is 11.8 Å². The Labute approximate surface area is 141 Å². The van der Waals surface area contributed by atoms with E-state index in [0.29, 0.717) is 30.7 Å². The fourth-order valence-electron chi connectivity index (χ4n) is 3.44. The molecule has 23 heavy (non-hydrogen) atoms. The average molecular weight is 334 g/mol. The zero-order chi connectivity index (χ0) is 16.4. The minimum Gasteiger partial charge on any atom is -0.497 e. The van der Waals surface area contributed by atoms with Crippen LogP contribution in [0, 0.1) is 5.92 Å². The van der Waals surface area contributed by atoms with Gasteiger partial charge in [0.25, 0.3) is 0 Å². The van der Waals surface area contributed by atoms with Crippen LogP contribution in [0.5, 0.6) is 5.75 Å². The number of hydrogen-bond donors (Lipinski definition) is 0. The maximum atomic E-state index is 12.5. The standard InChI is InChI=1S/C17H22N2O3S/c1-18-15-6-7-19(10-12(15)8-16(18)20)17(21)11-23-14-5-3-4-13(9-14)22-2/h3-5,9,12,15H,6-8,10-11H2,1-2H3/t12-,15+/m1/s1. The number of rotatable bonds is 4. The third-order valence-electron chi connectivity index (χ3n) is 4.78. The van der Waals surface area contributed by atoms with Crippen molar-refractivity contribution >= 4 is 23.6 Å². The zero-order valence-electron chi connectivity index (χ0n) is 13.5. The summed E-state index contributed by atoms with van der Waals surface area (Å²) in [5, 5.41) is 0. The summed E-state index contributed by atoms with van der Waals surface area (Å²) in [7, 11) is 3.52. The smallest absolute Gasteiger partial charge is 0.232 e. The first-order valence-corrected chi connectivity index (χ1v) is 8.87. The second kappa shape index (κ2) is 6.83. The number of carbonyl (C=O) groups excluding carboxylic acids is 2. The molecule has 0 radical (unpaired) electrons. The number of thioether (sulfide) groups is 1. The van der Waals surface area contributed by atoms with Crippen LogP contribution in [0.25, 0.3) is 0 Å². The van der Waals surface area contributed by atoms with Crippen molar-refractivity contribution in [3.05, 3.63) is 24.3 Å². The van der Waals surface area contributed by atoms with Gasteiger partial charge in [-0.1, -0.05) is 6.07 Å². The number of benzene rings is 1. The molecule has 2 atom stereocenters. The Balaban J connectivity index is 1.54. The van der Waals surface area contributed by atoms with Crippen LogP contribution >= 0.6 is 11.8 Å². The Bertz CT molecular complexity index is 607. The van der Waals surface area contributed by atoms with Crippen molar-refractivity contribution in [2.75, 3.05) is 33.0 Å². The quantitative estimate of drug-likeness (QED) is 0.789. The first-order chi connectivity index (χ1) is 11.1. The number of likely N-dealkylation sites (tertiary alicyclic amines) is 2. The van der Waals surface area contributed by atoms with E-state index in [2.05, 4.69) is 0 Å². The SMILES string of the molecule is COc1cccc(SCC(=O)N2CC[C@H]3[C@H](CC(=O)N3C)C2)c1. The van der Waals surface area contributed by atoms with Gasteiger partial charge in [0.1, 0.15) is 5.75 Å². The molecule has 1 aromatic carbocycles. The normalized spacial score (nSPS) is 23.8. The molecule has 0 saturated carbocycles. The number of amides is 2. The van der Waals surface area contributed by atoms with Gasteiger partial charge in [-0.05, 0) is 24.6 Å². The third kappa shape index (κ3) is 3.47. The summed E-state index contributed by atoms with van der Waals surface area (Å²) in [5.74, 6) is 1.88. The number of hydrogen-bond acceptors (Lipinski definition) is 4. The summed E-state index contributed by atoms with van der Waals surface area (Å²) in [5.41, 5.74) is 0. The molecule has 3 rings (SSSR count). The fourth-order valence-corrected chi connectivity index (χ4v) is 4.28. The summed E-state index contributed by atoms with van der Waals surface area (Å²) in [6.07, 6.45) is 1.47. The topological polar surface area (TPSA) is 49.9 Å². The van der Waals surface area contributed by atoms with E-state index < -0.39 is 0 Å². The molecule has 2 aliphatic rings. The zero-order valence-corrected chi connectivity index (χ0v) is 14.3. The number of piperidine rings is 1. The van der Waals surface area contributed by atoms with Crippen LogP contribution in [0.4, 0.5) is 0 Å². The number of nitrogens with zero attached hydrogens (tertiary/aromatic N) is 2. The Hall–Kier alpha value is -1.69.